The minimum atomic E-state index is -0.206. The molecule has 1 aliphatic heterocycles. The maximum Gasteiger partial charge on any atom is 0.205 e. The number of rotatable bonds is 2. The van der Waals surface area contributed by atoms with Gasteiger partial charge in [0.05, 0.1) is 5.92 Å². The molecule has 0 fully saturated rings. The van der Waals surface area contributed by atoms with Crippen molar-refractivity contribution in [2.75, 3.05) is 0 Å². The van der Waals surface area contributed by atoms with Crippen molar-refractivity contribution < 1.29 is 4.74 Å². The number of hydrogen-bond donors (Lipinski definition) is 1. The Bertz CT molecular complexity index is 783. The number of nitrogens with two attached hydrogens (primary N) is 1. The van der Waals surface area contributed by atoms with E-state index in [9.17, 15) is 5.26 Å². The Kier molecular flexibility index (Phi) is 3.67. The Morgan fingerprint density at radius 1 is 1.00 bits per heavy atom. The van der Waals surface area contributed by atoms with E-state index in [1.807, 2.05) is 67.6 Å². The van der Waals surface area contributed by atoms with Crippen molar-refractivity contribution >= 4 is 5.57 Å². The SMILES string of the molecule is CC1=C(c2ccccc2)[C@H](c2ccccc2)C(C#N)=C(N)O1. The number of allylic oxidation sites excluding steroid dienone is 3. The van der Waals surface area contributed by atoms with Gasteiger partial charge in [-0.15, -0.1) is 0 Å². The molecule has 0 amide bonds. The molecule has 0 saturated carbocycles. The highest BCUT2D eigenvalue weighted by Crippen LogP contribution is 2.43. The largest absolute Gasteiger partial charge is 0.445 e. The summed E-state index contributed by atoms with van der Waals surface area (Å²) in [4.78, 5) is 0. The first kappa shape index (κ1) is 14.0. The summed E-state index contributed by atoms with van der Waals surface area (Å²) >= 11 is 0. The average molecular weight is 288 g/mol. The van der Waals surface area contributed by atoms with Gasteiger partial charge >= 0.3 is 0 Å². The summed E-state index contributed by atoms with van der Waals surface area (Å²) in [7, 11) is 0. The summed E-state index contributed by atoms with van der Waals surface area (Å²) in [5.41, 5.74) is 9.45. The van der Waals surface area contributed by atoms with Crippen molar-refractivity contribution in [3.05, 3.63) is 89.0 Å². The summed E-state index contributed by atoms with van der Waals surface area (Å²) in [6.07, 6.45) is 0. The Morgan fingerprint density at radius 3 is 2.18 bits per heavy atom. The number of ether oxygens (including phenoxy) is 1. The first-order valence-corrected chi connectivity index (χ1v) is 7.11. The van der Waals surface area contributed by atoms with Crippen LogP contribution in [0.2, 0.25) is 0 Å². The lowest BCUT2D eigenvalue weighted by Crippen LogP contribution is -2.19. The van der Waals surface area contributed by atoms with E-state index < -0.39 is 0 Å². The average Bonchev–Trinajstić information content (AvgIpc) is 2.56. The second-order valence-corrected chi connectivity index (χ2v) is 5.17. The first-order valence-electron chi connectivity index (χ1n) is 7.11. The van der Waals surface area contributed by atoms with E-state index in [2.05, 4.69) is 6.07 Å². The number of hydrogen-bond acceptors (Lipinski definition) is 3. The van der Waals surface area contributed by atoms with Crippen molar-refractivity contribution in [1.82, 2.24) is 0 Å². The molecule has 0 unspecified atom stereocenters. The van der Waals surface area contributed by atoms with Gasteiger partial charge in [-0.1, -0.05) is 60.7 Å². The van der Waals surface area contributed by atoms with Crippen LogP contribution < -0.4 is 5.73 Å². The molecule has 2 aromatic rings. The molecular formula is C19H16N2O. The van der Waals surface area contributed by atoms with Crippen molar-refractivity contribution in [2.45, 2.75) is 12.8 Å². The second-order valence-electron chi connectivity index (χ2n) is 5.17. The fourth-order valence-corrected chi connectivity index (χ4v) is 2.85. The van der Waals surface area contributed by atoms with Gasteiger partial charge in [0, 0.05) is 5.57 Å². The van der Waals surface area contributed by atoms with Crippen LogP contribution in [0.1, 0.15) is 24.0 Å². The fraction of sp³-hybridized carbons (Fsp3) is 0.105. The normalized spacial score (nSPS) is 17.9. The maximum atomic E-state index is 9.55. The summed E-state index contributed by atoms with van der Waals surface area (Å²) in [6.45, 7) is 1.89. The topological polar surface area (TPSA) is 59.0 Å². The van der Waals surface area contributed by atoms with E-state index in [1.165, 1.54) is 0 Å². The van der Waals surface area contributed by atoms with Crippen LogP contribution in [0.4, 0.5) is 0 Å². The first-order chi connectivity index (χ1) is 10.7. The van der Waals surface area contributed by atoms with Crippen LogP contribution in [-0.2, 0) is 4.74 Å². The molecule has 22 heavy (non-hydrogen) atoms. The van der Waals surface area contributed by atoms with Crippen LogP contribution in [0.25, 0.3) is 5.57 Å². The van der Waals surface area contributed by atoms with Gasteiger partial charge in [-0.25, -0.2) is 0 Å². The molecule has 1 atom stereocenters. The molecule has 0 aliphatic carbocycles. The molecule has 0 saturated heterocycles. The lowest BCUT2D eigenvalue weighted by molar-refractivity contribution is 0.291. The molecule has 108 valence electrons. The van der Waals surface area contributed by atoms with Crippen molar-refractivity contribution in [3.8, 4) is 6.07 Å². The van der Waals surface area contributed by atoms with Gasteiger partial charge in [0.15, 0.2) is 0 Å². The Labute approximate surface area is 130 Å². The third-order valence-electron chi connectivity index (χ3n) is 3.82. The third-order valence-corrected chi connectivity index (χ3v) is 3.82. The fourth-order valence-electron chi connectivity index (χ4n) is 2.85. The minimum absolute atomic E-state index is 0.188. The van der Waals surface area contributed by atoms with E-state index in [-0.39, 0.29) is 11.8 Å². The van der Waals surface area contributed by atoms with Gasteiger partial charge in [0.25, 0.3) is 0 Å². The zero-order valence-corrected chi connectivity index (χ0v) is 12.3. The molecule has 3 heteroatoms. The molecule has 1 aliphatic rings. The number of benzene rings is 2. The molecule has 0 radical (unpaired) electrons. The van der Waals surface area contributed by atoms with E-state index in [1.54, 1.807) is 0 Å². The lowest BCUT2D eigenvalue weighted by atomic mass is 9.80. The van der Waals surface area contributed by atoms with Gasteiger partial charge in [0.1, 0.15) is 17.4 Å². The minimum Gasteiger partial charge on any atom is -0.445 e. The molecule has 0 spiro atoms. The Hall–Kier alpha value is -2.99. The van der Waals surface area contributed by atoms with E-state index in [0.29, 0.717) is 5.57 Å². The van der Waals surface area contributed by atoms with Crippen LogP contribution in [0, 0.1) is 11.3 Å². The maximum absolute atomic E-state index is 9.55. The molecule has 2 aromatic carbocycles. The lowest BCUT2D eigenvalue weighted by Gasteiger charge is -2.28. The van der Waals surface area contributed by atoms with Gasteiger partial charge in [-0.3, -0.25) is 0 Å². The third kappa shape index (κ3) is 2.36. The summed E-state index contributed by atoms with van der Waals surface area (Å²) < 4.78 is 5.62. The van der Waals surface area contributed by atoms with Crippen LogP contribution in [0.3, 0.4) is 0 Å². The zero-order chi connectivity index (χ0) is 15.5. The van der Waals surface area contributed by atoms with Crippen molar-refractivity contribution in [1.29, 1.82) is 5.26 Å². The highest BCUT2D eigenvalue weighted by atomic mass is 16.5. The van der Waals surface area contributed by atoms with Gasteiger partial charge in [-0.05, 0) is 18.1 Å². The van der Waals surface area contributed by atoms with Gasteiger partial charge in [-0.2, -0.15) is 5.26 Å². The predicted molar refractivity (Wildman–Crippen MR) is 86.1 cm³/mol. The van der Waals surface area contributed by atoms with Gasteiger partial charge < -0.3 is 10.5 Å². The molecule has 3 rings (SSSR count). The van der Waals surface area contributed by atoms with Crippen molar-refractivity contribution in [2.24, 2.45) is 5.73 Å². The summed E-state index contributed by atoms with van der Waals surface area (Å²) in [5, 5.41) is 9.55. The summed E-state index contributed by atoms with van der Waals surface area (Å²) in [6, 6.07) is 22.1. The second kappa shape index (κ2) is 5.79. The molecule has 1 heterocycles. The van der Waals surface area contributed by atoms with Crippen molar-refractivity contribution in [3.63, 3.8) is 0 Å². The number of nitrogens with zero attached hydrogens (tertiary/aromatic N) is 1. The molecule has 3 nitrogen and oxygen atoms in total. The van der Waals surface area contributed by atoms with Gasteiger partial charge in [0.2, 0.25) is 5.88 Å². The Balaban J connectivity index is 2.22. The molecule has 0 bridgehead atoms. The van der Waals surface area contributed by atoms with Crippen LogP contribution in [0.5, 0.6) is 0 Å². The van der Waals surface area contributed by atoms with Crippen LogP contribution in [0.15, 0.2) is 77.9 Å². The highest BCUT2D eigenvalue weighted by Gasteiger charge is 2.31. The number of nitriles is 1. The standard InChI is InChI=1S/C19H16N2O/c1-13-17(14-8-4-2-5-9-14)18(15-10-6-3-7-11-15)16(12-20)19(21)22-13/h2-11,18H,21H2,1H3/t18-/m1/s1. The molecule has 2 N–H and O–H groups in total. The quantitative estimate of drug-likeness (QED) is 0.911. The molecular weight excluding hydrogens is 272 g/mol. The highest BCUT2D eigenvalue weighted by molar-refractivity contribution is 5.78. The van der Waals surface area contributed by atoms with E-state index in [0.717, 1.165) is 22.5 Å². The predicted octanol–water partition coefficient (Wildman–Crippen LogP) is 3.93. The van der Waals surface area contributed by atoms with E-state index >= 15 is 0 Å². The van der Waals surface area contributed by atoms with Crippen LogP contribution >= 0.6 is 0 Å². The smallest absolute Gasteiger partial charge is 0.205 e. The summed E-state index contributed by atoms with van der Waals surface area (Å²) in [5.74, 6) is 0.715. The monoisotopic (exact) mass is 288 g/mol. The van der Waals surface area contributed by atoms with E-state index in [4.69, 9.17) is 10.5 Å². The van der Waals surface area contributed by atoms with Crippen LogP contribution in [-0.4, -0.2) is 0 Å². The molecule has 0 aromatic heterocycles. The zero-order valence-electron chi connectivity index (χ0n) is 12.3. The Morgan fingerprint density at radius 2 is 1.59 bits per heavy atom.